The maximum Gasteiger partial charge on any atom is 0.187 e. The van der Waals surface area contributed by atoms with E-state index in [-0.39, 0.29) is 59.6 Å². The fourth-order valence-corrected chi connectivity index (χ4v) is 15.6. The Labute approximate surface area is 436 Å². The lowest BCUT2D eigenvalue weighted by molar-refractivity contribution is -0.379. The Bertz CT molecular complexity index is 1880. The van der Waals surface area contributed by atoms with E-state index in [4.69, 9.17) is 37.9 Å². The molecule has 20 heteroatoms. The molecule has 74 heavy (non-hydrogen) atoms. The Morgan fingerprint density at radius 3 is 1.74 bits per heavy atom. The van der Waals surface area contributed by atoms with Crippen molar-refractivity contribution in [2.45, 2.75) is 255 Å². The van der Waals surface area contributed by atoms with Gasteiger partial charge in [0.25, 0.3) is 0 Å². The van der Waals surface area contributed by atoms with Crippen molar-refractivity contribution in [2.24, 2.45) is 45.3 Å². The highest BCUT2D eigenvalue weighted by molar-refractivity contribution is 5.30. The van der Waals surface area contributed by atoms with Crippen molar-refractivity contribution in [3.63, 3.8) is 0 Å². The molecule has 0 bridgehead atoms. The third-order valence-corrected chi connectivity index (χ3v) is 20.3. The number of allylic oxidation sites excluding steroid dienone is 1. The molecule has 4 saturated heterocycles. The smallest absolute Gasteiger partial charge is 0.187 e. The van der Waals surface area contributed by atoms with Gasteiger partial charge in [-0.05, 0) is 112 Å². The van der Waals surface area contributed by atoms with Crippen LogP contribution in [0.15, 0.2) is 11.6 Å². The van der Waals surface area contributed by atoms with Crippen LogP contribution in [0.3, 0.4) is 0 Å². The Morgan fingerprint density at radius 2 is 1.16 bits per heavy atom. The molecule has 12 N–H and O–H groups in total. The largest absolute Gasteiger partial charge is 0.394 e. The average Bonchev–Trinajstić information content (AvgIpc) is 3.63. The van der Waals surface area contributed by atoms with E-state index in [1.54, 1.807) is 13.8 Å². The van der Waals surface area contributed by atoms with E-state index in [0.717, 1.165) is 44.9 Å². The lowest BCUT2D eigenvalue weighted by atomic mass is 9.39. The van der Waals surface area contributed by atoms with Crippen molar-refractivity contribution < 1.29 is 99.2 Å². The molecule has 7 fully saturated rings. The van der Waals surface area contributed by atoms with E-state index in [2.05, 4.69) is 47.6 Å². The molecule has 3 saturated carbocycles. The van der Waals surface area contributed by atoms with Gasteiger partial charge >= 0.3 is 0 Å². The molecule has 0 aromatic carbocycles. The predicted molar refractivity (Wildman–Crippen MR) is 262 cm³/mol. The van der Waals surface area contributed by atoms with E-state index in [1.807, 2.05) is 0 Å². The second kappa shape index (κ2) is 22.8. The van der Waals surface area contributed by atoms with Crippen LogP contribution in [0.25, 0.3) is 0 Å². The molecule has 4 heterocycles. The lowest BCUT2D eigenvalue weighted by Crippen LogP contribution is -2.64. The van der Waals surface area contributed by atoms with Crippen LogP contribution in [0, 0.1) is 45.3 Å². The zero-order chi connectivity index (χ0) is 54.0. The van der Waals surface area contributed by atoms with Gasteiger partial charge in [0.1, 0.15) is 42.7 Å². The van der Waals surface area contributed by atoms with Gasteiger partial charge in [-0.2, -0.15) is 0 Å². The molecule has 8 aliphatic rings. The van der Waals surface area contributed by atoms with Gasteiger partial charge in [-0.15, -0.1) is 0 Å². The van der Waals surface area contributed by atoms with E-state index < -0.39 is 136 Å². The second-order valence-electron chi connectivity index (χ2n) is 25.5. The molecule has 7 unspecified atom stereocenters. The molecular formula is C54H92O20. The SMILES string of the molecule is C[C@H](CC[C@@H](O[C@@H]1O[C@H](CO)C[C@H](O)C1O[C@@H]1OC(CO)C(O[C@H]2OC(CO)C[C@H](O)[C@H]2O)[C@H](O)[C@H]1O)C(C)(C)O)C1CC[C@@]2(C)C3CC=C4C(CC[C@H](O[C@@H]5O[C@H](CO)C[C@H](O)[C@H]5O)C4(C)C)[C@]3(C)CC[C@]12C. The molecule has 0 aromatic heterocycles. The highest BCUT2D eigenvalue weighted by atomic mass is 16.8. The Hall–Kier alpha value is -1.06. The molecule has 0 amide bonds. The Morgan fingerprint density at radius 1 is 0.608 bits per heavy atom. The topological polar surface area (TPSA) is 317 Å². The number of fused-ring (bicyclic) bond motifs is 5. The third-order valence-electron chi connectivity index (χ3n) is 20.3. The zero-order valence-corrected chi connectivity index (χ0v) is 44.8. The van der Waals surface area contributed by atoms with E-state index in [1.165, 1.54) is 5.57 Å². The van der Waals surface area contributed by atoms with Crippen LogP contribution in [0.1, 0.15) is 132 Å². The first kappa shape index (κ1) is 59.1. The van der Waals surface area contributed by atoms with Gasteiger partial charge in [-0.3, -0.25) is 0 Å². The van der Waals surface area contributed by atoms with Gasteiger partial charge in [0.05, 0.1) is 80.9 Å². The standard InChI is InChI=1S/C54H92O20/c1-26(30-15-16-54(8)37-12-10-31-32(52(37,6)17-18-53(30,54)7)11-14-38(50(31,2)3)71-46-40(62)33(59)19-27(22-55)67-46)9-13-39(51(4,5)66)72-49-44(35(61)21-29(24-57)69-49)73-48-43(65)42(64)45(36(25-58)70-48)74-47-41(63)34(60)20-28(23-56)68-47/h10,26-30,32-49,55-66H,9,11-25H2,1-8H3/t26-,27+,28?,29+,30?,32?,33+,34+,35+,36?,37?,38+,39-,40-,41-,42-,43-,44?,45?,46+,47-,48+,49+,52+,53-,54+/m1/s1. The summed E-state index contributed by atoms with van der Waals surface area (Å²) in [4.78, 5) is 0. The van der Waals surface area contributed by atoms with Crippen molar-refractivity contribution in [3.8, 4) is 0 Å². The first-order valence-corrected chi connectivity index (χ1v) is 27.6. The molecule has 0 radical (unpaired) electrons. The van der Waals surface area contributed by atoms with Crippen molar-refractivity contribution in [2.75, 3.05) is 26.4 Å². The van der Waals surface area contributed by atoms with Crippen LogP contribution in [0.4, 0.5) is 0 Å². The van der Waals surface area contributed by atoms with E-state index >= 15 is 0 Å². The van der Waals surface area contributed by atoms with Gasteiger partial charge in [-0.25, -0.2) is 0 Å². The highest BCUT2D eigenvalue weighted by Crippen LogP contribution is 2.75. The van der Waals surface area contributed by atoms with Crippen LogP contribution >= 0.6 is 0 Å². The molecule has 8 rings (SSSR count). The van der Waals surface area contributed by atoms with Gasteiger partial charge in [-0.1, -0.05) is 53.2 Å². The number of aliphatic hydroxyl groups excluding tert-OH is 11. The number of aliphatic hydroxyl groups is 12. The summed E-state index contributed by atoms with van der Waals surface area (Å²) in [5, 5.41) is 128. The maximum atomic E-state index is 11.7. The molecule has 20 nitrogen and oxygen atoms in total. The quantitative estimate of drug-likeness (QED) is 0.0900. The van der Waals surface area contributed by atoms with Crippen molar-refractivity contribution >= 4 is 0 Å². The molecule has 26 atom stereocenters. The summed E-state index contributed by atoms with van der Waals surface area (Å²) in [6.45, 7) is 15.6. The maximum absolute atomic E-state index is 11.7. The van der Waals surface area contributed by atoms with E-state index in [9.17, 15) is 61.3 Å². The third kappa shape index (κ3) is 11.0. The number of hydrogen-bond donors (Lipinski definition) is 12. The fraction of sp³-hybridized carbons (Fsp3) is 0.963. The molecule has 4 aliphatic carbocycles. The fourth-order valence-electron chi connectivity index (χ4n) is 15.6. The number of hydrogen-bond acceptors (Lipinski definition) is 20. The molecule has 4 aliphatic heterocycles. The monoisotopic (exact) mass is 1060 g/mol. The highest BCUT2D eigenvalue weighted by Gasteiger charge is 2.68. The summed E-state index contributed by atoms with van der Waals surface area (Å²) in [5.41, 5.74) is -0.230. The summed E-state index contributed by atoms with van der Waals surface area (Å²) in [5.74, 6) is 1.42. The first-order chi connectivity index (χ1) is 34.8. The summed E-state index contributed by atoms with van der Waals surface area (Å²) in [6, 6.07) is 0. The minimum absolute atomic E-state index is 0.0273. The summed E-state index contributed by atoms with van der Waals surface area (Å²) >= 11 is 0. The van der Waals surface area contributed by atoms with Gasteiger partial charge < -0.3 is 99.2 Å². The Kier molecular flexibility index (Phi) is 18.2. The van der Waals surface area contributed by atoms with Crippen LogP contribution in [-0.2, 0) is 37.9 Å². The van der Waals surface area contributed by atoms with Crippen LogP contribution in [0.5, 0.6) is 0 Å². The van der Waals surface area contributed by atoms with Crippen LogP contribution < -0.4 is 0 Å². The summed E-state index contributed by atoms with van der Waals surface area (Å²) < 4.78 is 48.6. The van der Waals surface area contributed by atoms with Crippen LogP contribution in [-0.4, -0.2) is 210 Å². The normalized spacial score (nSPS) is 49.5. The van der Waals surface area contributed by atoms with Gasteiger partial charge in [0, 0.05) is 24.7 Å². The van der Waals surface area contributed by atoms with E-state index in [0.29, 0.717) is 30.6 Å². The lowest BCUT2D eigenvalue weighted by Gasteiger charge is -2.66. The average molecular weight is 1060 g/mol. The predicted octanol–water partition coefficient (Wildman–Crippen LogP) is 0.885. The second-order valence-corrected chi connectivity index (χ2v) is 25.5. The van der Waals surface area contributed by atoms with Gasteiger partial charge in [0.2, 0.25) is 0 Å². The minimum atomic E-state index is -1.85. The number of rotatable bonds is 17. The molecule has 0 aromatic rings. The van der Waals surface area contributed by atoms with Crippen molar-refractivity contribution in [3.05, 3.63) is 11.6 Å². The Balaban J connectivity index is 0.928. The van der Waals surface area contributed by atoms with Crippen LogP contribution in [0.2, 0.25) is 0 Å². The number of ether oxygens (including phenoxy) is 8. The minimum Gasteiger partial charge on any atom is -0.394 e. The van der Waals surface area contributed by atoms with Crippen molar-refractivity contribution in [1.29, 1.82) is 0 Å². The summed E-state index contributed by atoms with van der Waals surface area (Å²) in [6.07, 6.45) is -12.9. The molecule has 0 spiro atoms. The van der Waals surface area contributed by atoms with Crippen molar-refractivity contribution in [1.82, 2.24) is 0 Å². The first-order valence-electron chi connectivity index (χ1n) is 27.6. The van der Waals surface area contributed by atoms with Gasteiger partial charge in [0.15, 0.2) is 25.2 Å². The summed E-state index contributed by atoms with van der Waals surface area (Å²) in [7, 11) is 0. The molecule has 428 valence electrons. The molecular weight excluding hydrogens is 969 g/mol. The zero-order valence-electron chi connectivity index (χ0n) is 44.8.